The predicted molar refractivity (Wildman–Crippen MR) is 68.1 cm³/mol. The van der Waals surface area contributed by atoms with Crippen LogP contribution in [-0.2, 0) is 0 Å². The first kappa shape index (κ1) is 11.2. The summed E-state index contributed by atoms with van der Waals surface area (Å²) in [4.78, 5) is 4.98. The highest BCUT2D eigenvalue weighted by molar-refractivity contribution is 7.18. The van der Waals surface area contributed by atoms with Gasteiger partial charge >= 0.3 is 0 Å². The average molecular weight is 255 g/mol. The molecule has 2 aromatic rings. The SMILES string of the molecule is CCOc1ccc(Cl)cc1-c1cnc(N)s1. The molecule has 0 aliphatic carbocycles. The van der Waals surface area contributed by atoms with Crippen molar-refractivity contribution in [3.8, 4) is 16.2 Å². The van der Waals surface area contributed by atoms with Crippen LogP contribution in [0.25, 0.3) is 10.4 Å². The molecule has 0 aliphatic rings. The molecule has 2 N–H and O–H groups in total. The quantitative estimate of drug-likeness (QED) is 0.913. The van der Waals surface area contributed by atoms with Crippen LogP contribution in [0.3, 0.4) is 0 Å². The summed E-state index contributed by atoms with van der Waals surface area (Å²) in [7, 11) is 0. The first-order valence-corrected chi connectivity index (χ1v) is 6.04. The molecule has 1 aromatic heterocycles. The molecule has 0 bridgehead atoms. The molecular formula is C11H11ClN2OS. The summed E-state index contributed by atoms with van der Waals surface area (Å²) in [6, 6.07) is 5.52. The summed E-state index contributed by atoms with van der Waals surface area (Å²) in [6.07, 6.45) is 1.73. The number of nitrogens with two attached hydrogens (primary N) is 1. The van der Waals surface area contributed by atoms with Gasteiger partial charge in [0.2, 0.25) is 0 Å². The number of thiazole rings is 1. The van der Waals surface area contributed by atoms with Crippen molar-refractivity contribution in [1.29, 1.82) is 0 Å². The number of aromatic nitrogens is 1. The molecule has 16 heavy (non-hydrogen) atoms. The lowest BCUT2D eigenvalue weighted by atomic mass is 10.2. The van der Waals surface area contributed by atoms with Crippen molar-refractivity contribution in [3.05, 3.63) is 29.4 Å². The number of ether oxygens (including phenoxy) is 1. The second-order valence-corrected chi connectivity index (χ2v) is 4.63. The fourth-order valence-corrected chi connectivity index (χ4v) is 2.27. The Bertz CT molecular complexity index is 498. The molecule has 1 heterocycles. The zero-order chi connectivity index (χ0) is 11.5. The van der Waals surface area contributed by atoms with Gasteiger partial charge in [-0.15, -0.1) is 0 Å². The Hall–Kier alpha value is -1.26. The molecule has 3 nitrogen and oxygen atoms in total. The summed E-state index contributed by atoms with van der Waals surface area (Å²) in [5.41, 5.74) is 6.55. The molecular weight excluding hydrogens is 244 g/mol. The first-order chi connectivity index (χ1) is 7.70. The van der Waals surface area contributed by atoms with Crippen molar-refractivity contribution in [2.45, 2.75) is 6.92 Å². The molecule has 0 spiro atoms. The lowest BCUT2D eigenvalue weighted by Crippen LogP contribution is -1.93. The van der Waals surface area contributed by atoms with Gasteiger partial charge in [0.05, 0.1) is 11.5 Å². The van der Waals surface area contributed by atoms with Gasteiger partial charge in [-0.2, -0.15) is 0 Å². The van der Waals surface area contributed by atoms with E-state index in [1.54, 1.807) is 12.3 Å². The molecule has 1 aromatic carbocycles. The normalized spacial score (nSPS) is 10.4. The van der Waals surface area contributed by atoms with Crippen LogP contribution in [0.5, 0.6) is 5.75 Å². The highest BCUT2D eigenvalue weighted by atomic mass is 35.5. The number of hydrogen-bond acceptors (Lipinski definition) is 4. The maximum absolute atomic E-state index is 5.97. The summed E-state index contributed by atoms with van der Waals surface area (Å²) < 4.78 is 5.54. The van der Waals surface area contributed by atoms with Gasteiger partial charge in [0, 0.05) is 16.8 Å². The van der Waals surface area contributed by atoms with Gasteiger partial charge in [-0.25, -0.2) is 4.98 Å². The summed E-state index contributed by atoms with van der Waals surface area (Å²) >= 11 is 7.39. The van der Waals surface area contributed by atoms with E-state index in [2.05, 4.69) is 4.98 Å². The summed E-state index contributed by atoms with van der Waals surface area (Å²) in [5, 5.41) is 1.21. The van der Waals surface area contributed by atoms with E-state index in [0.29, 0.717) is 16.8 Å². The Labute approximate surface area is 103 Å². The Morgan fingerprint density at radius 3 is 2.94 bits per heavy atom. The summed E-state index contributed by atoms with van der Waals surface area (Å²) in [5.74, 6) is 0.801. The largest absolute Gasteiger partial charge is 0.493 e. The van der Waals surface area contributed by atoms with Crippen LogP contribution in [0.1, 0.15) is 6.92 Å². The van der Waals surface area contributed by atoms with Gasteiger partial charge in [0.15, 0.2) is 5.13 Å². The van der Waals surface area contributed by atoms with Crippen LogP contribution in [0.4, 0.5) is 5.13 Å². The van der Waals surface area contributed by atoms with Crippen molar-refractivity contribution in [3.63, 3.8) is 0 Å². The van der Waals surface area contributed by atoms with Gasteiger partial charge in [-0.1, -0.05) is 22.9 Å². The lowest BCUT2D eigenvalue weighted by Gasteiger charge is -2.08. The van der Waals surface area contributed by atoms with Crippen LogP contribution in [-0.4, -0.2) is 11.6 Å². The number of hydrogen-bond donors (Lipinski definition) is 1. The van der Waals surface area contributed by atoms with Crippen molar-refractivity contribution >= 4 is 28.1 Å². The van der Waals surface area contributed by atoms with Gasteiger partial charge in [-0.05, 0) is 25.1 Å². The van der Waals surface area contributed by atoms with Crippen LogP contribution in [0, 0.1) is 0 Å². The van der Waals surface area contributed by atoms with Crippen molar-refractivity contribution < 1.29 is 4.74 Å². The molecule has 0 amide bonds. The third-order valence-corrected chi connectivity index (χ3v) is 3.13. The molecule has 0 saturated heterocycles. The minimum atomic E-state index is 0.539. The molecule has 0 fully saturated rings. The predicted octanol–water partition coefficient (Wildman–Crippen LogP) is 3.44. The van der Waals surface area contributed by atoms with E-state index < -0.39 is 0 Å². The highest BCUT2D eigenvalue weighted by Crippen LogP contribution is 2.36. The van der Waals surface area contributed by atoms with E-state index in [4.69, 9.17) is 22.1 Å². The van der Waals surface area contributed by atoms with Crippen molar-refractivity contribution in [2.24, 2.45) is 0 Å². The number of nitrogens with zero attached hydrogens (tertiary/aromatic N) is 1. The monoisotopic (exact) mass is 254 g/mol. The second-order valence-electron chi connectivity index (χ2n) is 3.14. The van der Waals surface area contributed by atoms with E-state index in [-0.39, 0.29) is 0 Å². The van der Waals surface area contributed by atoms with Crippen LogP contribution < -0.4 is 10.5 Å². The van der Waals surface area contributed by atoms with Crippen molar-refractivity contribution in [2.75, 3.05) is 12.3 Å². The van der Waals surface area contributed by atoms with E-state index >= 15 is 0 Å². The Morgan fingerprint density at radius 1 is 1.50 bits per heavy atom. The zero-order valence-electron chi connectivity index (χ0n) is 8.74. The zero-order valence-corrected chi connectivity index (χ0v) is 10.3. The summed E-state index contributed by atoms with van der Waals surface area (Å²) in [6.45, 7) is 2.56. The lowest BCUT2D eigenvalue weighted by molar-refractivity contribution is 0.341. The third-order valence-electron chi connectivity index (χ3n) is 2.03. The number of rotatable bonds is 3. The van der Waals surface area contributed by atoms with Gasteiger partial charge in [0.25, 0.3) is 0 Å². The van der Waals surface area contributed by atoms with Crippen molar-refractivity contribution in [1.82, 2.24) is 4.98 Å². The number of nitrogen functional groups attached to an aromatic ring is 1. The minimum absolute atomic E-state index is 0.539. The van der Waals surface area contributed by atoms with E-state index in [1.807, 2.05) is 19.1 Å². The maximum atomic E-state index is 5.97. The molecule has 0 saturated carbocycles. The van der Waals surface area contributed by atoms with E-state index in [9.17, 15) is 0 Å². The van der Waals surface area contributed by atoms with Gasteiger partial charge < -0.3 is 10.5 Å². The highest BCUT2D eigenvalue weighted by Gasteiger charge is 2.09. The average Bonchev–Trinajstić information content (AvgIpc) is 2.68. The van der Waals surface area contributed by atoms with Crippen LogP contribution >= 0.6 is 22.9 Å². The topological polar surface area (TPSA) is 48.1 Å². The number of halogens is 1. The molecule has 0 atom stereocenters. The Balaban J connectivity index is 2.48. The van der Waals surface area contributed by atoms with Gasteiger partial charge in [0.1, 0.15) is 5.75 Å². The third kappa shape index (κ3) is 2.28. The fourth-order valence-electron chi connectivity index (χ4n) is 1.39. The first-order valence-electron chi connectivity index (χ1n) is 4.84. The van der Waals surface area contributed by atoms with E-state index in [1.165, 1.54) is 11.3 Å². The molecule has 0 unspecified atom stereocenters. The number of benzene rings is 1. The standard InChI is InChI=1S/C11H11ClN2OS/c1-2-15-9-4-3-7(12)5-8(9)10-6-14-11(13)16-10/h3-6H,2H2,1H3,(H2,13,14). The minimum Gasteiger partial charge on any atom is -0.493 e. The molecule has 2 rings (SSSR count). The second kappa shape index (κ2) is 4.72. The van der Waals surface area contributed by atoms with E-state index in [0.717, 1.165) is 16.2 Å². The van der Waals surface area contributed by atoms with Crippen LogP contribution in [0.15, 0.2) is 24.4 Å². The molecule has 84 valence electrons. The fraction of sp³-hybridized carbons (Fsp3) is 0.182. The molecule has 5 heteroatoms. The molecule has 0 radical (unpaired) electrons. The Kier molecular flexibility index (Phi) is 3.31. The Morgan fingerprint density at radius 2 is 2.31 bits per heavy atom. The smallest absolute Gasteiger partial charge is 0.180 e. The number of anilines is 1. The van der Waals surface area contributed by atoms with Crippen LogP contribution in [0.2, 0.25) is 5.02 Å². The maximum Gasteiger partial charge on any atom is 0.180 e. The molecule has 0 aliphatic heterocycles. The van der Waals surface area contributed by atoms with Gasteiger partial charge in [-0.3, -0.25) is 0 Å².